The van der Waals surface area contributed by atoms with Crippen molar-refractivity contribution in [1.82, 2.24) is 9.13 Å². The number of hydrogen-bond donors (Lipinski definition) is 0. The minimum atomic E-state index is 0.191. The van der Waals surface area contributed by atoms with Crippen LogP contribution in [0.15, 0.2) is 164 Å². The first-order valence-corrected chi connectivity index (χ1v) is 16.7. The van der Waals surface area contributed by atoms with Crippen LogP contribution in [0.2, 0.25) is 0 Å². The summed E-state index contributed by atoms with van der Waals surface area (Å²) in [5, 5.41) is 2.45. The van der Waals surface area contributed by atoms with Crippen LogP contribution in [0.4, 0.5) is 11.4 Å². The lowest BCUT2D eigenvalue weighted by Gasteiger charge is -2.29. The average molecular weight is 618 g/mol. The van der Waals surface area contributed by atoms with Crippen molar-refractivity contribution in [1.29, 1.82) is 0 Å². The summed E-state index contributed by atoms with van der Waals surface area (Å²) in [6.07, 6.45) is 17.7. The molecule has 7 aromatic rings. The molecule has 48 heavy (non-hydrogen) atoms. The van der Waals surface area contributed by atoms with E-state index in [9.17, 15) is 0 Å². The van der Waals surface area contributed by atoms with Crippen molar-refractivity contribution < 1.29 is 0 Å². The first-order chi connectivity index (χ1) is 23.8. The monoisotopic (exact) mass is 617 g/mol. The Kier molecular flexibility index (Phi) is 6.65. The van der Waals surface area contributed by atoms with Crippen molar-refractivity contribution in [3.8, 4) is 22.5 Å². The molecule has 2 unspecified atom stereocenters. The highest BCUT2D eigenvalue weighted by Gasteiger charge is 2.39. The molecule has 0 amide bonds. The van der Waals surface area contributed by atoms with Gasteiger partial charge in [0.1, 0.15) is 0 Å². The number of aromatic nitrogens is 2. The van der Waals surface area contributed by atoms with E-state index in [2.05, 4.69) is 192 Å². The lowest BCUT2D eigenvalue weighted by Crippen LogP contribution is -2.28. The molecule has 0 N–H and O–H groups in total. The third-order valence-electron chi connectivity index (χ3n) is 9.98. The molecule has 2 atom stereocenters. The fourth-order valence-corrected chi connectivity index (χ4v) is 7.95. The predicted molar refractivity (Wildman–Crippen MR) is 204 cm³/mol. The molecule has 5 aromatic carbocycles. The Morgan fingerprint density at radius 3 is 2.25 bits per heavy atom. The molecule has 0 radical (unpaired) electrons. The Hall–Kier alpha value is -6.06. The van der Waals surface area contributed by atoms with Crippen molar-refractivity contribution >= 4 is 45.3 Å². The first-order valence-electron chi connectivity index (χ1n) is 16.7. The Morgan fingerprint density at radius 2 is 1.44 bits per heavy atom. The standard InChI is InChI=1S/C45H35N3/c1-3-15-41-34(4-2)39-30-33(24-26-44(39)48(41)42-22-13-11-20-35(42)31-16-7-5-8-17-31)47-43-23-14-12-21-36(43)37-25-27-40-38(45(37)47)28-29-46(40)32-18-9-6-10-19-32/h3-30,36,43H,2H2,1H3/b15-3-. The van der Waals surface area contributed by atoms with Gasteiger partial charge in [0, 0.05) is 45.4 Å². The molecule has 0 saturated heterocycles. The second kappa shape index (κ2) is 11.3. The molecule has 0 spiro atoms. The number of anilines is 2. The summed E-state index contributed by atoms with van der Waals surface area (Å²) in [7, 11) is 0. The zero-order valence-electron chi connectivity index (χ0n) is 26.9. The van der Waals surface area contributed by atoms with Crippen molar-refractivity contribution in [2.24, 2.45) is 0 Å². The lowest BCUT2D eigenvalue weighted by atomic mass is 9.91. The average Bonchev–Trinajstić information content (AvgIpc) is 3.82. The van der Waals surface area contributed by atoms with Gasteiger partial charge in [-0.1, -0.05) is 116 Å². The zero-order valence-corrected chi connectivity index (χ0v) is 26.9. The quantitative estimate of drug-likeness (QED) is 0.181. The predicted octanol–water partition coefficient (Wildman–Crippen LogP) is 11.6. The topological polar surface area (TPSA) is 13.1 Å². The molecule has 2 aliphatic rings. The fraction of sp³-hybridized carbons (Fsp3) is 0.0667. The van der Waals surface area contributed by atoms with Crippen LogP contribution in [-0.2, 0) is 0 Å². The molecule has 230 valence electrons. The summed E-state index contributed by atoms with van der Waals surface area (Å²) in [5.41, 5.74) is 13.2. The van der Waals surface area contributed by atoms with E-state index in [1.807, 2.05) is 6.08 Å². The molecule has 3 heterocycles. The molecule has 0 fully saturated rings. The number of benzene rings is 5. The van der Waals surface area contributed by atoms with E-state index in [0.717, 1.165) is 22.5 Å². The van der Waals surface area contributed by atoms with Gasteiger partial charge in [-0.15, -0.1) is 0 Å². The second-order valence-electron chi connectivity index (χ2n) is 12.5. The van der Waals surface area contributed by atoms with Gasteiger partial charge in [-0.05, 0) is 72.7 Å². The van der Waals surface area contributed by atoms with E-state index < -0.39 is 0 Å². The van der Waals surface area contributed by atoms with Gasteiger partial charge in [-0.2, -0.15) is 0 Å². The molecule has 1 aliphatic heterocycles. The van der Waals surface area contributed by atoms with Gasteiger partial charge in [0.25, 0.3) is 0 Å². The molecule has 1 aliphatic carbocycles. The van der Waals surface area contributed by atoms with Gasteiger partial charge in [0.2, 0.25) is 0 Å². The highest BCUT2D eigenvalue weighted by Crippen LogP contribution is 2.52. The maximum Gasteiger partial charge on any atom is 0.0629 e. The van der Waals surface area contributed by atoms with Crippen LogP contribution >= 0.6 is 0 Å². The van der Waals surface area contributed by atoms with Crippen LogP contribution in [0.5, 0.6) is 0 Å². The van der Waals surface area contributed by atoms with Crippen molar-refractivity contribution in [3.63, 3.8) is 0 Å². The van der Waals surface area contributed by atoms with E-state index in [1.165, 1.54) is 50.0 Å². The Bertz CT molecular complexity index is 2440. The van der Waals surface area contributed by atoms with Crippen LogP contribution in [0, 0.1) is 0 Å². The highest BCUT2D eigenvalue weighted by molar-refractivity contribution is 6.03. The smallest absolute Gasteiger partial charge is 0.0629 e. The van der Waals surface area contributed by atoms with Crippen LogP contribution in [-0.4, -0.2) is 15.2 Å². The van der Waals surface area contributed by atoms with Crippen molar-refractivity contribution in [3.05, 3.63) is 181 Å². The molecule has 3 nitrogen and oxygen atoms in total. The molecule has 2 aromatic heterocycles. The minimum absolute atomic E-state index is 0.191. The summed E-state index contributed by atoms with van der Waals surface area (Å²) in [5.74, 6) is 0.282. The van der Waals surface area contributed by atoms with Gasteiger partial charge >= 0.3 is 0 Å². The molecular formula is C45H35N3. The Labute approximate surface area is 281 Å². The summed E-state index contributed by atoms with van der Waals surface area (Å²) in [6, 6.07) is 44.1. The second-order valence-corrected chi connectivity index (χ2v) is 12.5. The van der Waals surface area contributed by atoms with E-state index in [4.69, 9.17) is 0 Å². The van der Waals surface area contributed by atoms with Crippen LogP contribution < -0.4 is 4.90 Å². The van der Waals surface area contributed by atoms with Gasteiger partial charge in [-0.3, -0.25) is 0 Å². The van der Waals surface area contributed by atoms with Crippen molar-refractivity contribution in [2.45, 2.75) is 18.9 Å². The third kappa shape index (κ3) is 4.21. The Morgan fingerprint density at radius 1 is 0.688 bits per heavy atom. The zero-order chi connectivity index (χ0) is 32.2. The first kappa shape index (κ1) is 28.2. The molecule has 0 bridgehead atoms. The number of hydrogen-bond acceptors (Lipinski definition) is 1. The maximum absolute atomic E-state index is 4.33. The molecule has 9 rings (SSSR count). The Balaban J connectivity index is 1.27. The number of rotatable bonds is 6. The number of para-hydroxylation sites is 2. The minimum Gasteiger partial charge on any atom is -0.333 e. The van der Waals surface area contributed by atoms with Gasteiger partial charge in [0.05, 0.1) is 34.1 Å². The lowest BCUT2D eigenvalue weighted by molar-refractivity contribution is 0.745. The van der Waals surface area contributed by atoms with Crippen LogP contribution in [0.1, 0.15) is 29.7 Å². The van der Waals surface area contributed by atoms with E-state index in [-0.39, 0.29) is 12.0 Å². The summed E-state index contributed by atoms with van der Waals surface area (Å²) in [4.78, 5) is 2.56. The summed E-state index contributed by atoms with van der Waals surface area (Å²) in [6.45, 7) is 6.41. The van der Waals surface area contributed by atoms with Crippen molar-refractivity contribution in [2.75, 3.05) is 4.90 Å². The van der Waals surface area contributed by atoms with Crippen LogP contribution in [0.3, 0.4) is 0 Å². The molecular weight excluding hydrogens is 583 g/mol. The highest BCUT2D eigenvalue weighted by atomic mass is 15.2. The van der Waals surface area contributed by atoms with Gasteiger partial charge in [-0.25, -0.2) is 0 Å². The molecule has 0 saturated carbocycles. The van der Waals surface area contributed by atoms with Gasteiger partial charge < -0.3 is 14.0 Å². The fourth-order valence-electron chi connectivity index (χ4n) is 7.95. The number of allylic oxidation sites excluding steroid dienone is 3. The molecule has 3 heteroatoms. The van der Waals surface area contributed by atoms with E-state index in [1.54, 1.807) is 0 Å². The maximum atomic E-state index is 4.33. The van der Waals surface area contributed by atoms with E-state index >= 15 is 0 Å². The number of fused-ring (bicyclic) bond motifs is 6. The number of nitrogens with zero attached hydrogens (tertiary/aromatic N) is 3. The normalized spacial score (nSPS) is 16.6. The van der Waals surface area contributed by atoms with Crippen LogP contribution in [0.25, 0.3) is 56.5 Å². The third-order valence-corrected chi connectivity index (χ3v) is 9.98. The largest absolute Gasteiger partial charge is 0.333 e. The van der Waals surface area contributed by atoms with E-state index in [0.29, 0.717) is 0 Å². The SMILES string of the molecule is C=Cc1c(/C=C\C)n(-c2ccccc2-c2ccccc2)c2ccc(N3c4c(ccc5c4ccn5-c4ccccc4)C4C=CC=CC43)cc12. The summed E-state index contributed by atoms with van der Waals surface area (Å²) < 4.78 is 4.70. The summed E-state index contributed by atoms with van der Waals surface area (Å²) >= 11 is 0. The van der Waals surface area contributed by atoms with Gasteiger partial charge in [0.15, 0.2) is 0 Å².